The summed E-state index contributed by atoms with van der Waals surface area (Å²) in [4.78, 5) is 11.9. The average molecular weight is 410 g/mol. The van der Waals surface area contributed by atoms with Gasteiger partial charge in [0.15, 0.2) is 8.68 Å². The molecule has 1 unspecified atom stereocenters. The summed E-state index contributed by atoms with van der Waals surface area (Å²) in [5.41, 5.74) is 2.65. The van der Waals surface area contributed by atoms with Gasteiger partial charge in [0.2, 0.25) is 5.91 Å². The summed E-state index contributed by atoms with van der Waals surface area (Å²) < 4.78 is 1.79. The zero-order valence-electron chi connectivity index (χ0n) is 15.8. The predicted molar refractivity (Wildman–Crippen MR) is 113 cm³/mol. The molecule has 0 radical (unpaired) electrons. The first-order chi connectivity index (χ1) is 12.5. The van der Waals surface area contributed by atoms with Crippen LogP contribution in [0.4, 0.5) is 0 Å². The Balaban J connectivity index is 1.76. The first-order valence-electron chi connectivity index (χ1n) is 8.95. The number of nitrogens with one attached hydrogen (secondary N) is 1. The minimum atomic E-state index is 0.0607. The number of thioether (sulfide) groups is 2. The van der Waals surface area contributed by atoms with Crippen molar-refractivity contribution in [3.8, 4) is 0 Å². The van der Waals surface area contributed by atoms with Crippen molar-refractivity contribution in [3.05, 3.63) is 35.4 Å². The van der Waals surface area contributed by atoms with E-state index in [1.165, 1.54) is 22.9 Å². The number of benzene rings is 1. The summed E-state index contributed by atoms with van der Waals surface area (Å²) >= 11 is 4.70. The molecule has 0 saturated heterocycles. The van der Waals surface area contributed by atoms with Crippen molar-refractivity contribution in [1.82, 2.24) is 15.5 Å². The van der Waals surface area contributed by atoms with E-state index in [1.54, 1.807) is 23.1 Å². The van der Waals surface area contributed by atoms with E-state index in [9.17, 15) is 4.79 Å². The van der Waals surface area contributed by atoms with Gasteiger partial charge in [-0.05, 0) is 30.4 Å². The summed E-state index contributed by atoms with van der Waals surface area (Å²) in [7, 11) is 0. The maximum atomic E-state index is 11.9. The Morgan fingerprint density at radius 3 is 2.38 bits per heavy atom. The number of rotatable bonds is 10. The standard InChI is InChI=1S/C19H27N3OS3/c1-5-6-14(4)20-17(23)12-25-19-22-21-18(26-19)24-11-15-7-9-16(10-8-15)13(2)3/h7-10,13-14H,5-6,11-12H2,1-4H3,(H,20,23). The second-order valence-electron chi connectivity index (χ2n) is 6.56. The lowest BCUT2D eigenvalue weighted by Crippen LogP contribution is -2.33. The summed E-state index contributed by atoms with van der Waals surface area (Å²) in [6.07, 6.45) is 2.08. The summed E-state index contributed by atoms with van der Waals surface area (Å²) in [6, 6.07) is 8.98. The Morgan fingerprint density at radius 2 is 1.77 bits per heavy atom. The van der Waals surface area contributed by atoms with Crippen molar-refractivity contribution >= 4 is 40.8 Å². The third-order valence-electron chi connectivity index (χ3n) is 3.85. The molecule has 0 aliphatic rings. The van der Waals surface area contributed by atoms with E-state index in [0.717, 1.165) is 27.3 Å². The van der Waals surface area contributed by atoms with Crippen LogP contribution in [-0.2, 0) is 10.5 Å². The highest BCUT2D eigenvalue weighted by Crippen LogP contribution is 2.30. The summed E-state index contributed by atoms with van der Waals surface area (Å²) in [5, 5.41) is 11.4. The van der Waals surface area contributed by atoms with Crippen molar-refractivity contribution in [2.75, 3.05) is 5.75 Å². The number of carbonyl (C=O) groups is 1. The molecular weight excluding hydrogens is 382 g/mol. The fourth-order valence-electron chi connectivity index (χ4n) is 2.41. The molecule has 1 aromatic heterocycles. The second-order valence-corrected chi connectivity index (χ2v) is 9.99. The quantitative estimate of drug-likeness (QED) is 0.536. The highest BCUT2D eigenvalue weighted by Gasteiger charge is 2.11. The van der Waals surface area contributed by atoms with Crippen LogP contribution in [0.15, 0.2) is 32.9 Å². The minimum Gasteiger partial charge on any atom is -0.353 e. The van der Waals surface area contributed by atoms with E-state index in [4.69, 9.17) is 0 Å². The molecule has 1 amide bonds. The molecule has 7 heteroatoms. The Labute approximate surface area is 169 Å². The number of nitrogens with zero attached hydrogens (tertiary/aromatic N) is 2. The van der Waals surface area contributed by atoms with Gasteiger partial charge in [0.05, 0.1) is 5.75 Å². The van der Waals surface area contributed by atoms with Gasteiger partial charge in [0.25, 0.3) is 0 Å². The van der Waals surface area contributed by atoms with Gasteiger partial charge in [-0.1, -0.05) is 86.3 Å². The second kappa shape index (κ2) is 10.9. The van der Waals surface area contributed by atoms with Crippen LogP contribution in [0.1, 0.15) is 57.6 Å². The third kappa shape index (κ3) is 7.29. The Morgan fingerprint density at radius 1 is 1.12 bits per heavy atom. The maximum Gasteiger partial charge on any atom is 0.230 e. The van der Waals surface area contributed by atoms with E-state index in [-0.39, 0.29) is 11.9 Å². The normalized spacial score (nSPS) is 12.3. The van der Waals surface area contributed by atoms with Crippen molar-refractivity contribution < 1.29 is 4.79 Å². The minimum absolute atomic E-state index is 0.0607. The molecule has 0 fully saturated rings. The van der Waals surface area contributed by atoms with E-state index in [1.807, 2.05) is 6.92 Å². The van der Waals surface area contributed by atoms with Crippen molar-refractivity contribution in [2.45, 2.75) is 66.9 Å². The van der Waals surface area contributed by atoms with Gasteiger partial charge < -0.3 is 5.32 Å². The smallest absolute Gasteiger partial charge is 0.230 e. The van der Waals surface area contributed by atoms with Gasteiger partial charge in [-0.2, -0.15) is 0 Å². The molecule has 1 N–H and O–H groups in total. The lowest BCUT2D eigenvalue weighted by Gasteiger charge is -2.11. The Hall–Kier alpha value is -1.05. The molecule has 2 aromatic rings. The SMILES string of the molecule is CCCC(C)NC(=O)CSc1nnc(SCc2ccc(C(C)C)cc2)s1. The molecule has 0 aliphatic carbocycles. The highest BCUT2D eigenvalue weighted by atomic mass is 32.2. The third-order valence-corrected chi connectivity index (χ3v) is 7.11. The lowest BCUT2D eigenvalue weighted by molar-refractivity contribution is -0.119. The number of aromatic nitrogens is 2. The molecular formula is C19H27N3OS3. The number of hydrogen-bond donors (Lipinski definition) is 1. The topological polar surface area (TPSA) is 54.9 Å². The van der Waals surface area contributed by atoms with Crippen LogP contribution >= 0.6 is 34.9 Å². The van der Waals surface area contributed by atoms with E-state index < -0.39 is 0 Å². The molecule has 0 saturated carbocycles. The van der Waals surface area contributed by atoms with Crippen molar-refractivity contribution in [1.29, 1.82) is 0 Å². The first-order valence-corrected chi connectivity index (χ1v) is 11.7. The van der Waals surface area contributed by atoms with Gasteiger partial charge in [-0.25, -0.2) is 0 Å². The largest absolute Gasteiger partial charge is 0.353 e. The summed E-state index contributed by atoms with van der Waals surface area (Å²) in [5.74, 6) is 1.89. The fraction of sp³-hybridized carbons (Fsp3) is 0.526. The monoisotopic (exact) mass is 409 g/mol. The van der Waals surface area contributed by atoms with E-state index >= 15 is 0 Å². The van der Waals surface area contributed by atoms with Crippen LogP contribution in [0.2, 0.25) is 0 Å². The number of amides is 1. The predicted octanol–water partition coefficient (Wildman–Crippen LogP) is 5.35. The van der Waals surface area contributed by atoms with Crippen LogP contribution in [0, 0.1) is 0 Å². The Kier molecular flexibility index (Phi) is 8.95. The van der Waals surface area contributed by atoms with Gasteiger partial charge in [-0.3, -0.25) is 4.79 Å². The van der Waals surface area contributed by atoms with E-state index in [0.29, 0.717) is 11.7 Å². The highest BCUT2D eigenvalue weighted by molar-refractivity contribution is 8.03. The van der Waals surface area contributed by atoms with Gasteiger partial charge >= 0.3 is 0 Å². The number of carbonyl (C=O) groups excluding carboxylic acids is 1. The molecule has 142 valence electrons. The zero-order valence-corrected chi connectivity index (χ0v) is 18.3. The number of hydrogen-bond acceptors (Lipinski definition) is 6. The molecule has 0 aliphatic heterocycles. The maximum absolute atomic E-state index is 11.9. The van der Waals surface area contributed by atoms with Crippen LogP contribution in [0.25, 0.3) is 0 Å². The molecule has 26 heavy (non-hydrogen) atoms. The first kappa shape index (κ1) is 21.3. The van der Waals surface area contributed by atoms with Crippen LogP contribution in [0.5, 0.6) is 0 Å². The lowest BCUT2D eigenvalue weighted by atomic mass is 10.0. The van der Waals surface area contributed by atoms with Crippen LogP contribution in [-0.4, -0.2) is 27.9 Å². The van der Waals surface area contributed by atoms with Crippen molar-refractivity contribution in [3.63, 3.8) is 0 Å². The molecule has 4 nitrogen and oxygen atoms in total. The van der Waals surface area contributed by atoms with E-state index in [2.05, 4.69) is 60.6 Å². The van der Waals surface area contributed by atoms with Gasteiger partial charge in [0.1, 0.15) is 0 Å². The molecule has 2 rings (SSSR count). The fourth-order valence-corrected chi connectivity index (χ4v) is 5.19. The molecule has 1 aromatic carbocycles. The molecule has 0 spiro atoms. The van der Waals surface area contributed by atoms with Crippen LogP contribution in [0.3, 0.4) is 0 Å². The summed E-state index contributed by atoms with van der Waals surface area (Å²) in [6.45, 7) is 8.57. The molecule has 0 bridgehead atoms. The molecule has 1 heterocycles. The van der Waals surface area contributed by atoms with Crippen LogP contribution < -0.4 is 5.32 Å². The Bertz CT molecular complexity index is 686. The molecule has 1 atom stereocenters. The van der Waals surface area contributed by atoms with Gasteiger partial charge in [0, 0.05) is 11.8 Å². The zero-order chi connectivity index (χ0) is 18.9. The average Bonchev–Trinajstić information content (AvgIpc) is 3.06. The van der Waals surface area contributed by atoms with Crippen molar-refractivity contribution in [2.24, 2.45) is 0 Å². The van der Waals surface area contributed by atoms with Gasteiger partial charge in [-0.15, -0.1) is 10.2 Å².